The first-order chi connectivity index (χ1) is 9.74. The molecular weight excluding hydrogens is 266 g/mol. The Hall–Kier alpha value is -0.970. The van der Waals surface area contributed by atoms with Crippen molar-refractivity contribution in [3.05, 3.63) is 35.9 Å². The molecule has 1 aromatic carbocycles. The van der Waals surface area contributed by atoms with Crippen molar-refractivity contribution in [3.63, 3.8) is 0 Å². The highest BCUT2D eigenvalue weighted by Gasteiger charge is 2.33. The lowest BCUT2D eigenvalue weighted by atomic mass is 10.0. The molecule has 0 radical (unpaired) electrons. The summed E-state index contributed by atoms with van der Waals surface area (Å²) in [6, 6.07) is 11.9. The van der Waals surface area contributed by atoms with E-state index in [0.29, 0.717) is 11.0 Å². The van der Waals surface area contributed by atoms with Gasteiger partial charge in [0, 0.05) is 44.7 Å². The van der Waals surface area contributed by atoms with Crippen molar-refractivity contribution >= 4 is 17.2 Å². The van der Waals surface area contributed by atoms with E-state index in [4.69, 9.17) is 18.0 Å². The van der Waals surface area contributed by atoms with Gasteiger partial charge in [-0.25, -0.2) is 0 Å². The molecule has 3 rings (SSSR count). The Morgan fingerprint density at radius 2 is 1.80 bits per heavy atom. The zero-order valence-electron chi connectivity index (χ0n) is 11.9. The Labute approximate surface area is 126 Å². The summed E-state index contributed by atoms with van der Waals surface area (Å²) in [7, 11) is 0. The fourth-order valence-electron chi connectivity index (χ4n) is 3.18. The van der Waals surface area contributed by atoms with Gasteiger partial charge in [-0.05, 0) is 18.4 Å². The van der Waals surface area contributed by atoms with Gasteiger partial charge >= 0.3 is 0 Å². The third-order valence-electron chi connectivity index (χ3n) is 4.43. The molecule has 108 valence electrons. The van der Waals surface area contributed by atoms with E-state index in [-0.39, 0.29) is 0 Å². The summed E-state index contributed by atoms with van der Waals surface area (Å²) in [5.74, 6) is 0. The Morgan fingerprint density at radius 1 is 1.15 bits per heavy atom. The van der Waals surface area contributed by atoms with Crippen LogP contribution in [-0.2, 0) is 0 Å². The molecule has 2 fully saturated rings. The fourth-order valence-corrected chi connectivity index (χ4v) is 3.34. The molecule has 2 aliphatic rings. The van der Waals surface area contributed by atoms with Crippen molar-refractivity contribution < 1.29 is 0 Å². The lowest BCUT2D eigenvalue weighted by Gasteiger charge is -2.39. The van der Waals surface area contributed by atoms with E-state index in [1.54, 1.807) is 0 Å². The van der Waals surface area contributed by atoms with Crippen LogP contribution in [-0.4, -0.2) is 47.0 Å². The van der Waals surface area contributed by atoms with Crippen molar-refractivity contribution in [1.29, 1.82) is 0 Å². The zero-order valence-corrected chi connectivity index (χ0v) is 12.7. The molecule has 0 aromatic heterocycles. The van der Waals surface area contributed by atoms with Gasteiger partial charge in [-0.15, -0.1) is 0 Å². The SMILES string of the molecule is NC(=S)CC(c1ccccc1)N1CCN(C2CC2)CC1. The summed E-state index contributed by atoms with van der Waals surface area (Å²) in [5, 5.41) is 0. The van der Waals surface area contributed by atoms with Crippen molar-refractivity contribution in [1.82, 2.24) is 9.80 Å². The largest absolute Gasteiger partial charge is 0.393 e. The third kappa shape index (κ3) is 3.37. The van der Waals surface area contributed by atoms with Crippen LogP contribution in [0.15, 0.2) is 30.3 Å². The van der Waals surface area contributed by atoms with Crippen LogP contribution in [0.25, 0.3) is 0 Å². The number of nitrogens with zero attached hydrogens (tertiary/aromatic N) is 2. The molecule has 20 heavy (non-hydrogen) atoms. The molecule has 1 atom stereocenters. The molecule has 1 unspecified atom stereocenters. The number of hydrogen-bond donors (Lipinski definition) is 1. The highest BCUT2D eigenvalue weighted by Crippen LogP contribution is 2.30. The van der Waals surface area contributed by atoms with Gasteiger partial charge in [-0.2, -0.15) is 0 Å². The molecule has 1 aromatic rings. The number of benzene rings is 1. The first-order valence-electron chi connectivity index (χ1n) is 7.55. The van der Waals surface area contributed by atoms with Crippen LogP contribution in [0.2, 0.25) is 0 Å². The molecule has 1 aliphatic carbocycles. The highest BCUT2D eigenvalue weighted by molar-refractivity contribution is 7.80. The van der Waals surface area contributed by atoms with E-state index in [2.05, 4.69) is 40.1 Å². The quantitative estimate of drug-likeness (QED) is 0.842. The van der Waals surface area contributed by atoms with Gasteiger partial charge in [0.15, 0.2) is 0 Å². The van der Waals surface area contributed by atoms with Gasteiger partial charge in [-0.1, -0.05) is 42.5 Å². The van der Waals surface area contributed by atoms with Crippen molar-refractivity contribution in [2.24, 2.45) is 5.73 Å². The lowest BCUT2D eigenvalue weighted by Crippen LogP contribution is -2.48. The van der Waals surface area contributed by atoms with Crippen molar-refractivity contribution in [3.8, 4) is 0 Å². The number of nitrogens with two attached hydrogens (primary N) is 1. The fraction of sp³-hybridized carbons (Fsp3) is 0.562. The van der Waals surface area contributed by atoms with E-state index in [1.165, 1.54) is 31.5 Å². The molecule has 1 saturated heterocycles. The predicted octanol–water partition coefficient (Wildman–Crippen LogP) is 2.18. The number of piperazine rings is 1. The summed E-state index contributed by atoms with van der Waals surface area (Å²) < 4.78 is 0. The molecule has 0 amide bonds. The van der Waals surface area contributed by atoms with Crippen LogP contribution < -0.4 is 5.73 Å². The topological polar surface area (TPSA) is 32.5 Å². The summed E-state index contributed by atoms with van der Waals surface area (Å²) in [5.41, 5.74) is 7.15. The smallest absolute Gasteiger partial charge is 0.0746 e. The van der Waals surface area contributed by atoms with Gasteiger partial charge in [0.1, 0.15) is 0 Å². The van der Waals surface area contributed by atoms with E-state index in [9.17, 15) is 0 Å². The minimum absolute atomic E-state index is 0.343. The number of hydrogen-bond acceptors (Lipinski definition) is 3. The van der Waals surface area contributed by atoms with Crippen LogP contribution >= 0.6 is 12.2 Å². The second kappa shape index (κ2) is 6.20. The molecule has 1 saturated carbocycles. The van der Waals surface area contributed by atoms with Crippen LogP contribution in [0, 0.1) is 0 Å². The van der Waals surface area contributed by atoms with Crippen LogP contribution in [0.3, 0.4) is 0 Å². The second-order valence-electron chi connectivity index (χ2n) is 5.90. The van der Waals surface area contributed by atoms with Crippen molar-refractivity contribution in [2.45, 2.75) is 31.3 Å². The summed E-state index contributed by atoms with van der Waals surface area (Å²) in [4.78, 5) is 5.80. The first-order valence-corrected chi connectivity index (χ1v) is 7.96. The Bertz CT molecular complexity index is 450. The predicted molar refractivity (Wildman–Crippen MR) is 86.8 cm³/mol. The van der Waals surface area contributed by atoms with Crippen LogP contribution in [0.4, 0.5) is 0 Å². The lowest BCUT2D eigenvalue weighted by molar-refractivity contribution is 0.0935. The second-order valence-corrected chi connectivity index (χ2v) is 6.42. The van der Waals surface area contributed by atoms with Gasteiger partial charge in [0.05, 0.1) is 4.99 Å². The average molecular weight is 289 g/mol. The monoisotopic (exact) mass is 289 g/mol. The highest BCUT2D eigenvalue weighted by atomic mass is 32.1. The molecule has 1 aliphatic heterocycles. The van der Waals surface area contributed by atoms with Gasteiger partial charge in [0.2, 0.25) is 0 Å². The Kier molecular flexibility index (Phi) is 4.34. The van der Waals surface area contributed by atoms with E-state index >= 15 is 0 Å². The molecular formula is C16H23N3S. The molecule has 3 nitrogen and oxygen atoms in total. The normalized spacial score (nSPS) is 22.6. The molecule has 0 spiro atoms. The van der Waals surface area contributed by atoms with Crippen LogP contribution in [0.5, 0.6) is 0 Å². The molecule has 1 heterocycles. The average Bonchev–Trinajstić information content (AvgIpc) is 3.30. The van der Waals surface area contributed by atoms with Gasteiger partial charge < -0.3 is 5.73 Å². The molecule has 4 heteroatoms. The summed E-state index contributed by atoms with van der Waals surface area (Å²) >= 11 is 5.16. The van der Waals surface area contributed by atoms with E-state index in [1.807, 2.05) is 0 Å². The summed E-state index contributed by atoms with van der Waals surface area (Å²) in [6.07, 6.45) is 3.58. The standard InChI is InChI=1S/C16H23N3S/c17-16(20)12-15(13-4-2-1-3-5-13)19-10-8-18(9-11-19)14-6-7-14/h1-5,14-15H,6-12H2,(H2,17,20). The van der Waals surface area contributed by atoms with Crippen LogP contribution in [0.1, 0.15) is 30.9 Å². The molecule has 2 N–H and O–H groups in total. The maximum atomic E-state index is 5.82. The minimum atomic E-state index is 0.343. The number of thiocarbonyl (C=S) groups is 1. The maximum Gasteiger partial charge on any atom is 0.0746 e. The Balaban J connectivity index is 1.68. The summed E-state index contributed by atoms with van der Waals surface area (Å²) in [6.45, 7) is 4.62. The van der Waals surface area contributed by atoms with Gasteiger partial charge in [-0.3, -0.25) is 9.80 Å². The van der Waals surface area contributed by atoms with E-state index in [0.717, 1.165) is 25.6 Å². The number of rotatable bonds is 5. The first kappa shape index (κ1) is 14.0. The third-order valence-corrected chi connectivity index (χ3v) is 4.60. The zero-order chi connectivity index (χ0) is 13.9. The minimum Gasteiger partial charge on any atom is -0.393 e. The van der Waals surface area contributed by atoms with E-state index < -0.39 is 0 Å². The molecule has 0 bridgehead atoms. The van der Waals surface area contributed by atoms with Crippen molar-refractivity contribution in [2.75, 3.05) is 26.2 Å². The maximum absolute atomic E-state index is 5.82. The Morgan fingerprint density at radius 3 is 2.35 bits per heavy atom. The van der Waals surface area contributed by atoms with Gasteiger partial charge in [0.25, 0.3) is 0 Å².